The molecule has 150 valence electrons. The zero-order chi connectivity index (χ0) is 20.8. The largest absolute Gasteiger partial charge is 0.373 e. The van der Waals surface area contributed by atoms with E-state index in [0.717, 1.165) is 5.56 Å². The molecule has 0 bridgehead atoms. The number of halogens is 2. The van der Waals surface area contributed by atoms with E-state index in [0.29, 0.717) is 16.9 Å². The smallest absolute Gasteiger partial charge is 0.266 e. The van der Waals surface area contributed by atoms with Crippen LogP contribution in [0.1, 0.15) is 24.0 Å². The SMILES string of the molecule is O=C1Cc2cc(N3CC[C@](O)(C(=O)CCc4cc(F)cc(Cl)c4)C3=O)ccc2N1. The summed E-state index contributed by atoms with van der Waals surface area (Å²) in [6.45, 7) is 0.188. The van der Waals surface area contributed by atoms with Gasteiger partial charge in [0, 0.05) is 35.8 Å². The summed E-state index contributed by atoms with van der Waals surface area (Å²) < 4.78 is 13.4. The van der Waals surface area contributed by atoms with Crippen LogP contribution in [-0.4, -0.2) is 34.8 Å². The predicted octanol–water partition coefficient (Wildman–Crippen LogP) is 2.64. The first kappa shape index (κ1) is 19.5. The van der Waals surface area contributed by atoms with Gasteiger partial charge in [-0.05, 0) is 53.9 Å². The number of nitrogens with one attached hydrogen (secondary N) is 1. The lowest BCUT2D eigenvalue weighted by atomic mass is 9.92. The Bertz CT molecular complexity index is 1020. The zero-order valence-corrected chi connectivity index (χ0v) is 16.1. The topological polar surface area (TPSA) is 86.7 Å². The Balaban J connectivity index is 1.47. The Morgan fingerprint density at radius 3 is 2.79 bits per heavy atom. The van der Waals surface area contributed by atoms with Gasteiger partial charge in [-0.2, -0.15) is 0 Å². The lowest BCUT2D eigenvalue weighted by molar-refractivity contribution is -0.147. The summed E-state index contributed by atoms with van der Waals surface area (Å²) in [6, 6.07) is 9.08. The van der Waals surface area contributed by atoms with E-state index in [1.165, 1.54) is 17.0 Å². The highest BCUT2D eigenvalue weighted by Gasteiger charge is 2.50. The van der Waals surface area contributed by atoms with E-state index in [9.17, 15) is 23.9 Å². The van der Waals surface area contributed by atoms with E-state index >= 15 is 0 Å². The third kappa shape index (κ3) is 3.63. The molecular formula is C21H18ClFN2O4. The number of nitrogens with zero attached hydrogens (tertiary/aromatic N) is 1. The molecule has 0 radical (unpaired) electrons. The van der Waals surface area contributed by atoms with Gasteiger partial charge in [-0.1, -0.05) is 11.6 Å². The van der Waals surface area contributed by atoms with Crippen molar-refractivity contribution in [3.63, 3.8) is 0 Å². The van der Waals surface area contributed by atoms with Gasteiger partial charge >= 0.3 is 0 Å². The van der Waals surface area contributed by atoms with Gasteiger partial charge in [-0.15, -0.1) is 0 Å². The van der Waals surface area contributed by atoms with Crippen LogP contribution >= 0.6 is 11.6 Å². The molecule has 6 nitrogen and oxygen atoms in total. The number of aliphatic hydroxyl groups is 1. The number of amides is 2. The van der Waals surface area contributed by atoms with E-state index in [-0.39, 0.29) is 43.2 Å². The molecule has 29 heavy (non-hydrogen) atoms. The number of carbonyl (C=O) groups excluding carboxylic acids is 3. The molecule has 0 aliphatic carbocycles. The Morgan fingerprint density at radius 2 is 2.03 bits per heavy atom. The number of benzene rings is 2. The number of rotatable bonds is 5. The average molecular weight is 417 g/mol. The van der Waals surface area contributed by atoms with E-state index < -0.39 is 23.1 Å². The maximum Gasteiger partial charge on any atom is 0.266 e. The molecule has 0 spiro atoms. The minimum Gasteiger partial charge on any atom is -0.373 e. The highest BCUT2D eigenvalue weighted by Crippen LogP contribution is 2.34. The van der Waals surface area contributed by atoms with Crippen molar-refractivity contribution < 1.29 is 23.9 Å². The maximum atomic E-state index is 13.4. The summed E-state index contributed by atoms with van der Waals surface area (Å²) in [7, 11) is 0. The van der Waals surface area contributed by atoms with Crippen LogP contribution in [0.4, 0.5) is 15.8 Å². The lowest BCUT2D eigenvalue weighted by Crippen LogP contribution is -2.47. The number of ketones is 1. The number of hydrogen-bond acceptors (Lipinski definition) is 4. The summed E-state index contributed by atoms with van der Waals surface area (Å²) in [5, 5.41) is 13.7. The quantitative estimate of drug-likeness (QED) is 0.734. The minimum atomic E-state index is -2.11. The fourth-order valence-electron chi connectivity index (χ4n) is 3.81. The molecule has 2 aliphatic heterocycles. The molecule has 8 heteroatoms. The van der Waals surface area contributed by atoms with Crippen molar-refractivity contribution in [3.8, 4) is 0 Å². The summed E-state index contributed by atoms with van der Waals surface area (Å²) in [5.41, 5.74) is 0.413. The molecule has 1 fully saturated rings. The third-order valence-electron chi connectivity index (χ3n) is 5.35. The highest BCUT2D eigenvalue weighted by molar-refractivity contribution is 6.30. The van der Waals surface area contributed by atoms with Gasteiger partial charge in [0.05, 0.1) is 6.42 Å². The zero-order valence-electron chi connectivity index (χ0n) is 15.4. The van der Waals surface area contributed by atoms with E-state index in [1.54, 1.807) is 24.3 Å². The van der Waals surface area contributed by atoms with Gasteiger partial charge in [0.1, 0.15) is 5.82 Å². The molecule has 2 amide bonds. The third-order valence-corrected chi connectivity index (χ3v) is 5.56. The van der Waals surface area contributed by atoms with Crippen molar-refractivity contribution in [1.82, 2.24) is 0 Å². The second-order valence-electron chi connectivity index (χ2n) is 7.33. The van der Waals surface area contributed by atoms with Crippen LogP contribution in [-0.2, 0) is 27.2 Å². The molecule has 2 aromatic carbocycles. The second kappa shape index (κ2) is 7.24. The number of fused-ring (bicyclic) bond motifs is 1. The van der Waals surface area contributed by atoms with Crippen LogP contribution in [0.25, 0.3) is 0 Å². The van der Waals surface area contributed by atoms with Crippen molar-refractivity contribution >= 4 is 40.6 Å². The first-order chi connectivity index (χ1) is 13.8. The van der Waals surface area contributed by atoms with Crippen molar-refractivity contribution in [2.75, 3.05) is 16.8 Å². The molecule has 1 atom stereocenters. The Kier molecular flexibility index (Phi) is 4.88. The number of anilines is 2. The van der Waals surface area contributed by atoms with Gasteiger partial charge in [0.2, 0.25) is 11.5 Å². The van der Waals surface area contributed by atoms with Crippen molar-refractivity contribution in [3.05, 3.63) is 58.4 Å². The Hall–Kier alpha value is -2.77. The summed E-state index contributed by atoms with van der Waals surface area (Å²) >= 11 is 5.82. The number of carbonyl (C=O) groups is 3. The first-order valence-corrected chi connectivity index (χ1v) is 9.59. The lowest BCUT2D eigenvalue weighted by Gasteiger charge is -2.22. The Morgan fingerprint density at radius 1 is 1.24 bits per heavy atom. The van der Waals surface area contributed by atoms with Crippen LogP contribution in [0.5, 0.6) is 0 Å². The molecular weight excluding hydrogens is 399 g/mol. The van der Waals surface area contributed by atoms with Crippen molar-refractivity contribution in [1.29, 1.82) is 0 Å². The molecule has 2 aromatic rings. The van der Waals surface area contributed by atoms with Crippen LogP contribution < -0.4 is 10.2 Å². The molecule has 2 heterocycles. The van der Waals surface area contributed by atoms with Gasteiger partial charge in [-0.3, -0.25) is 14.4 Å². The highest BCUT2D eigenvalue weighted by atomic mass is 35.5. The minimum absolute atomic E-state index is 0.0250. The Labute approximate surface area is 171 Å². The monoisotopic (exact) mass is 416 g/mol. The predicted molar refractivity (Wildman–Crippen MR) is 105 cm³/mol. The molecule has 0 saturated carbocycles. The molecule has 2 aliphatic rings. The number of Topliss-reactive ketones (excluding diaryl/α,β-unsaturated/α-hetero) is 1. The first-order valence-electron chi connectivity index (χ1n) is 9.22. The summed E-state index contributed by atoms with van der Waals surface area (Å²) in [5.74, 6) is -1.92. The normalized spacial score (nSPS) is 20.7. The van der Waals surface area contributed by atoms with Crippen molar-refractivity contribution in [2.24, 2.45) is 0 Å². The van der Waals surface area contributed by atoms with Gasteiger partial charge < -0.3 is 15.3 Å². The molecule has 0 unspecified atom stereocenters. The van der Waals surface area contributed by atoms with Crippen LogP contribution in [0.15, 0.2) is 36.4 Å². The van der Waals surface area contributed by atoms with Gasteiger partial charge in [0.15, 0.2) is 5.78 Å². The van der Waals surface area contributed by atoms with E-state index in [2.05, 4.69) is 5.32 Å². The fraction of sp³-hybridized carbons (Fsp3) is 0.286. The number of hydrogen-bond donors (Lipinski definition) is 2. The molecule has 0 aromatic heterocycles. The van der Waals surface area contributed by atoms with Crippen molar-refractivity contribution in [2.45, 2.75) is 31.3 Å². The van der Waals surface area contributed by atoms with Crippen LogP contribution in [0.2, 0.25) is 5.02 Å². The van der Waals surface area contributed by atoms with Gasteiger partial charge in [0.25, 0.3) is 5.91 Å². The number of aryl methyl sites for hydroxylation is 1. The van der Waals surface area contributed by atoms with Crippen LogP contribution in [0, 0.1) is 5.82 Å². The standard InChI is InChI=1S/C21H18ClFN2O4/c22-14-7-12(8-15(23)11-14)1-4-18(26)21(29)5-6-25(20(21)28)16-2-3-17-13(9-16)10-19(27)24-17/h2-3,7-9,11,29H,1,4-6,10H2,(H,24,27)/t21-/m0/s1. The molecule has 4 rings (SSSR count). The van der Waals surface area contributed by atoms with E-state index in [1.807, 2.05) is 0 Å². The van der Waals surface area contributed by atoms with Gasteiger partial charge in [-0.25, -0.2) is 4.39 Å². The average Bonchev–Trinajstić information content (AvgIpc) is 3.18. The maximum absolute atomic E-state index is 13.4. The summed E-state index contributed by atoms with van der Waals surface area (Å²) in [4.78, 5) is 38.4. The molecule has 1 saturated heterocycles. The summed E-state index contributed by atoms with van der Waals surface area (Å²) in [6.07, 6.45) is 0.254. The van der Waals surface area contributed by atoms with E-state index in [4.69, 9.17) is 11.6 Å². The second-order valence-corrected chi connectivity index (χ2v) is 7.77. The van der Waals surface area contributed by atoms with Crippen LogP contribution in [0.3, 0.4) is 0 Å². The molecule has 2 N–H and O–H groups in total. The fourth-order valence-corrected chi connectivity index (χ4v) is 4.06.